The Hall–Kier alpha value is -3.08. The maximum atomic E-state index is 12.6. The Labute approximate surface area is 189 Å². The Bertz CT molecular complexity index is 981. The van der Waals surface area contributed by atoms with Crippen LogP contribution < -0.4 is 21.3 Å². The van der Waals surface area contributed by atoms with Crippen molar-refractivity contribution in [3.05, 3.63) is 41.9 Å². The molecule has 8 nitrogen and oxygen atoms in total. The minimum Gasteiger partial charge on any atom is -0.348 e. The Morgan fingerprint density at radius 2 is 1.76 bits per heavy atom. The molecule has 0 spiro atoms. The molecule has 2 aliphatic carbocycles. The number of nitrogens with zero attached hydrogens (tertiary/aromatic N) is 2. The lowest BCUT2D eigenvalue weighted by Crippen LogP contribution is -2.34. The van der Waals surface area contributed by atoms with Crippen molar-refractivity contribution in [2.24, 2.45) is 5.92 Å². The van der Waals surface area contributed by atoms with E-state index in [1.807, 2.05) is 0 Å². The SMILES string of the molecule is O=C(Nc1ccc(CC(F)(F)F)cc1)Nc1cn(CC2CC2)c(C(=O)NCCNC2CC2)n1. The molecule has 1 heterocycles. The van der Waals surface area contributed by atoms with E-state index in [9.17, 15) is 22.8 Å². The quantitative estimate of drug-likeness (QED) is 0.404. The topological polar surface area (TPSA) is 100 Å². The van der Waals surface area contributed by atoms with Crippen molar-refractivity contribution < 1.29 is 22.8 Å². The van der Waals surface area contributed by atoms with E-state index in [1.165, 1.54) is 37.1 Å². The fraction of sp³-hybridized carbons (Fsp3) is 0.500. The minimum atomic E-state index is -4.29. The highest BCUT2D eigenvalue weighted by Gasteiger charge is 2.28. The number of anilines is 2. The second-order valence-electron chi connectivity index (χ2n) is 8.60. The van der Waals surface area contributed by atoms with E-state index in [2.05, 4.69) is 26.3 Å². The molecule has 0 unspecified atom stereocenters. The number of aromatic nitrogens is 2. The summed E-state index contributed by atoms with van der Waals surface area (Å²) >= 11 is 0. The summed E-state index contributed by atoms with van der Waals surface area (Å²) in [5.74, 6) is 0.657. The normalized spacial score (nSPS) is 15.8. The van der Waals surface area contributed by atoms with Gasteiger partial charge >= 0.3 is 12.2 Å². The van der Waals surface area contributed by atoms with Gasteiger partial charge in [-0.25, -0.2) is 9.78 Å². The van der Waals surface area contributed by atoms with Crippen LogP contribution in [0.3, 0.4) is 0 Å². The maximum absolute atomic E-state index is 12.6. The monoisotopic (exact) mass is 464 g/mol. The molecule has 0 aliphatic heterocycles. The van der Waals surface area contributed by atoms with Crippen LogP contribution in [0, 0.1) is 5.92 Å². The summed E-state index contributed by atoms with van der Waals surface area (Å²) in [6.45, 7) is 1.83. The van der Waals surface area contributed by atoms with Gasteiger partial charge in [0.2, 0.25) is 5.82 Å². The second kappa shape index (κ2) is 9.82. The molecule has 2 aromatic rings. The van der Waals surface area contributed by atoms with E-state index < -0.39 is 18.6 Å². The van der Waals surface area contributed by atoms with Crippen LogP contribution in [0.2, 0.25) is 0 Å². The van der Waals surface area contributed by atoms with Crippen LogP contribution in [0.4, 0.5) is 29.5 Å². The number of carbonyl (C=O) groups excluding carboxylic acids is 2. The van der Waals surface area contributed by atoms with Gasteiger partial charge in [0.05, 0.1) is 6.42 Å². The standard InChI is InChI=1S/C22H27F3N6O2/c23-22(24,25)11-14-3-5-17(6-4-14)28-21(33)30-18-13-31(12-15-1-2-15)19(29-18)20(32)27-10-9-26-16-7-8-16/h3-6,13,15-16,26H,1-2,7-12H2,(H,27,32)(H2,28,30,33). The van der Waals surface area contributed by atoms with Gasteiger partial charge in [0.15, 0.2) is 5.82 Å². The molecule has 11 heteroatoms. The number of alkyl halides is 3. The van der Waals surface area contributed by atoms with Crippen molar-refractivity contribution in [1.29, 1.82) is 0 Å². The van der Waals surface area contributed by atoms with Crippen LogP contribution in [0.15, 0.2) is 30.5 Å². The molecule has 2 saturated carbocycles. The Balaban J connectivity index is 1.33. The molecule has 4 rings (SSSR count). The molecule has 33 heavy (non-hydrogen) atoms. The summed E-state index contributed by atoms with van der Waals surface area (Å²) in [7, 11) is 0. The lowest BCUT2D eigenvalue weighted by molar-refractivity contribution is -0.127. The first-order chi connectivity index (χ1) is 15.7. The highest BCUT2D eigenvalue weighted by atomic mass is 19.4. The van der Waals surface area contributed by atoms with Gasteiger partial charge in [-0.15, -0.1) is 0 Å². The zero-order valence-corrected chi connectivity index (χ0v) is 18.0. The fourth-order valence-electron chi connectivity index (χ4n) is 3.41. The van der Waals surface area contributed by atoms with Crippen molar-refractivity contribution in [2.75, 3.05) is 23.7 Å². The van der Waals surface area contributed by atoms with Gasteiger partial charge in [-0.05, 0) is 49.3 Å². The number of halogens is 3. The lowest BCUT2D eigenvalue weighted by atomic mass is 10.1. The summed E-state index contributed by atoms with van der Waals surface area (Å²) in [4.78, 5) is 29.2. The van der Waals surface area contributed by atoms with Crippen LogP contribution in [-0.2, 0) is 13.0 Å². The molecule has 178 valence electrons. The predicted octanol–water partition coefficient (Wildman–Crippen LogP) is 3.52. The number of benzene rings is 1. The highest BCUT2D eigenvalue weighted by Crippen LogP contribution is 2.31. The Morgan fingerprint density at radius 1 is 1.03 bits per heavy atom. The summed E-state index contributed by atoms with van der Waals surface area (Å²) < 4.78 is 39.2. The van der Waals surface area contributed by atoms with E-state index in [4.69, 9.17) is 0 Å². The molecule has 3 amide bonds. The molecule has 2 fully saturated rings. The highest BCUT2D eigenvalue weighted by molar-refractivity contribution is 5.99. The van der Waals surface area contributed by atoms with Gasteiger partial charge in [-0.1, -0.05) is 12.1 Å². The van der Waals surface area contributed by atoms with Crippen LogP contribution in [0.25, 0.3) is 0 Å². The van der Waals surface area contributed by atoms with Crippen LogP contribution >= 0.6 is 0 Å². The van der Waals surface area contributed by atoms with E-state index >= 15 is 0 Å². The third-order valence-corrected chi connectivity index (χ3v) is 5.41. The van der Waals surface area contributed by atoms with Gasteiger partial charge in [0.1, 0.15) is 0 Å². The molecule has 1 aromatic heterocycles. The first-order valence-electron chi connectivity index (χ1n) is 11.1. The predicted molar refractivity (Wildman–Crippen MR) is 117 cm³/mol. The minimum absolute atomic E-state index is 0.107. The Kier molecular flexibility index (Phi) is 6.87. The average Bonchev–Trinajstić information content (AvgIpc) is 3.66. The van der Waals surface area contributed by atoms with Crippen molar-refractivity contribution in [2.45, 2.75) is 50.9 Å². The number of amides is 3. The smallest absolute Gasteiger partial charge is 0.348 e. The zero-order valence-electron chi connectivity index (χ0n) is 18.0. The number of urea groups is 1. The molecular formula is C22H27F3N6O2. The summed E-state index contributed by atoms with van der Waals surface area (Å²) in [6.07, 6.45) is 0.851. The molecule has 2 aliphatic rings. The first-order valence-corrected chi connectivity index (χ1v) is 11.1. The van der Waals surface area contributed by atoms with Crippen molar-refractivity contribution in [3.63, 3.8) is 0 Å². The third kappa shape index (κ3) is 7.48. The number of rotatable bonds is 10. The fourth-order valence-corrected chi connectivity index (χ4v) is 3.41. The largest absolute Gasteiger partial charge is 0.393 e. The van der Waals surface area contributed by atoms with Gasteiger partial charge in [0, 0.05) is 37.6 Å². The van der Waals surface area contributed by atoms with Crippen LogP contribution in [0.5, 0.6) is 0 Å². The van der Waals surface area contributed by atoms with Gasteiger partial charge in [-0.2, -0.15) is 13.2 Å². The lowest BCUT2D eigenvalue weighted by Gasteiger charge is -2.08. The molecule has 0 saturated heterocycles. The average molecular weight is 464 g/mol. The van der Waals surface area contributed by atoms with E-state index in [0.717, 1.165) is 12.8 Å². The number of carbonyl (C=O) groups is 2. The van der Waals surface area contributed by atoms with E-state index in [-0.39, 0.29) is 23.1 Å². The third-order valence-electron chi connectivity index (χ3n) is 5.41. The Morgan fingerprint density at radius 3 is 2.39 bits per heavy atom. The number of hydrogen-bond donors (Lipinski definition) is 4. The van der Waals surface area contributed by atoms with Crippen molar-refractivity contribution >= 4 is 23.4 Å². The molecule has 0 bridgehead atoms. The number of hydrogen-bond acceptors (Lipinski definition) is 4. The molecule has 0 radical (unpaired) electrons. The molecule has 0 atom stereocenters. The van der Waals surface area contributed by atoms with Crippen molar-refractivity contribution in [1.82, 2.24) is 20.2 Å². The van der Waals surface area contributed by atoms with Crippen molar-refractivity contribution in [3.8, 4) is 0 Å². The first kappa shape index (κ1) is 23.1. The van der Waals surface area contributed by atoms with Gasteiger partial charge < -0.3 is 20.5 Å². The number of imidazole rings is 1. The second-order valence-corrected chi connectivity index (χ2v) is 8.60. The molecular weight excluding hydrogens is 437 g/mol. The molecule has 4 N–H and O–H groups in total. The van der Waals surface area contributed by atoms with Crippen LogP contribution in [-0.4, -0.2) is 46.8 Å². The molecule has 1 aromatic carbocycles. The number of nitrogens with one attached hydrogen (secondary N) is 4. The summed E-state index contributed by atoms with van der Waals surface area (Å²) in [6, 6.07) is 5.40. The summed E-state index contributed by atoms with van der Waals surface area (Å²) in [5, 5.41) is 11.3. The summed E-state index contributed by atoms with van der Waals surface area (Å²) in [5.41, 5.74) is 0.451. The van der Waals surface area contributed by atoms with Gasteiger partial charge in [-0.3, -0.25) is 10.1 Å². The van der Waals surface area contributed by atoms with Gasteiger partial charge in [0.25, 0.3) is 5.91 Å². The van der Waals surface area contributed by atoms with E-state index in [0.29, 0.717) is 37.3 Å². The zero-order chi connectivity index (χ0) is 23.4. The van der Waals surface area contributed by atoms with Crippen LogP contribution in [0.1, 0.15) is 41.9 Å². The van der Waals surface area contributed by atoms with E-state index in [1.54, 1.807) is 10.8 Å². The maximum Gasteiger partial charge on any atom is 0.393 e.